The maximum absolute atomic E-state index is 14.2. The zero-order valence-corrected chi connectivity index (χ0v) is 20.0. The summed E-state index contributed by atoms with van der Waals surface area (Å²) in [5, 5.41) is 21.1. The average molecular weight is 508 g/mol. The van der Waals surface area contributed by atoms with Gasteiger partial charge in [-0.25, -0.2) is 23.6 Å². The lowest BCUT2D eigenvalue weighted by molar-refractivity contribution is -0.134. The largest absolute Gasteiger partial charge is 0.407 e. The molecule has 0 spiro atoms. The van der Waals surface area contributed by atoms with Crippen LogP contribution in [0.5, 0.6) is 0 Å². The smallest absolute Gasteiger partial charge is 0.387 e. The van der Waals surface area contributed by atoms with Crippen LogP contribution < -0.4 is 0 Å². The number of aromatic nitrogens is 2. The number of aliphatic hydroxyl groups is 2. The van der Waals surface area contributed by atoms with Crippen molar-refractivity contribution in [1.82, 2.24) is 14.2 Å². The lowest BCUT2D eigenvalue weighted by atomic mass is 9.98. The number of imidazole rings is 1. The molecule has 5 atom stereocenters. The van der Waals surface area contributed by atoms with Gasteiger partial charge in [0.25, 0.3) is 0 Å². The Morgan fingerprint density at radius 3 is 2.82 bits per heavy atom. The Balaban J connectivity index is 1.76. The van der Waals surface area contributed by atoms with Gasteiger partial charge in [0, 0.05) is 25.3 Å². The number of Topliss-reactive ketones (excluding diaryl/α,β-unsaturated/α-hetero) is 1. The van der Waals surface area contributed by atoms with Crippen molar-refractivity contribution in [3.63, 3.8) is 0 Å². The maximum Gasteiger partial charge on any atom is 0.407 e. The number of carbonyl (C=O) groups is 2. The first kappa shape index (κ1) is 26.1. The number of hydrogen-bond donors (Lipinski definition) is 2. The number of ether oxygens (including phenoxy) is 1. The molecule has 0 bridgehead atoms. The molecule has 0 aliphatic carbocycles. The van der Waals surface area contributed by atoms with Gasteiger partial charge < -0.3 is 14.9 Å². The van der Waals surface area contributed by atoms with Crippen molar-refractivity contribution >= 4 is 42.4 Å². The number of halogens is 1. The van der Waals surface area contributed by atoms with E-state index < -0.39 is 45.1 Å². The Morgan fingerprint density at radius 1 is 1.45 bits per heavy atom. The van der Waals surface area contributed by atoms with E-state index in [4.69, 9.17) is 13.8 Å². The molecule has 1 saturated heterocycles. The van der Waals surface area contributed by atoms with E-state index in [1.807, 2.05) is 0 Å². The van der Waals surface area contributed by atoms with Crippen LogP contribution in [0.4, 0.5) is 10.2 Å². The van der Waals surface area contributed by atoms with Crippen molar-refractivity contribution in [1.29, 1.82) is 0 Å². The van der Waals surface area contributed by atoms with E-state index in [2.05, 4.69) is 9.98 Å². The minimum absolute atomic E-state index is 0.0747. The Bertz CT molecular complexity index is 975. The molecular weight excluding hydrogens is 482 g/mol. The van der Waals surface area contributed by atoms with Crippen molar-refractivity contribution in [2.45, 2.75) is 37.4 Å². The van der Waals surface area contributed by atoms with Crippen LogP contribution in [0, 0.1) is 0 Å². The molecule has 0 saturated carbocycles. The van der Waals surface area contributed by atoms with Gasteiger partial charge in [0.1, 0.15) is 18.9 Å². The summed E-state index contributed by atoms with van der Waals surface area (Å²) in [4.78, 5) is 31.1. The summed E-state index contributed by atoms with van der Waals surface area (Å²) in [5.74, 6) is 0.0672. The monoisotopic (exact) mass is 508 g/mol. The summed E-state index contributed by atoms with van der Waals surface area (Å²) in [6.07, 6.45) is -2.05. The van der Waals surface area contributed by atoms with Crippen LogP contribution in [0.2, 0.25) is 0 Å². The van der Waals surface area contributed by atoms with Crippen LogP contribution in [0.15, 0.2) is 11.3 Å². The first-order valence-electron chi connectivity index (χ1n) is 9.97. The van der Waals surface area contributed by atoms with E-state index in [9.17, 15) is 28.8 Å². The topological polar surface area (TPSA) is 153 Å². The van der Waals surface area contributed by atoms with Crippen molar-refractivity contribution in [2.24, 2.45) is 4.99 Å². The van der Waals surface area contributed by atoms with Crippen molar-refractivity contribution in [3.05, 3.63) is 12.0 Å². The number of aliphatic imine (C=N–C) groups is 1. The fourth-order valence-electron chi connectivity index (χ4n) is 3.31. The standard InChI is InChI=1S/C18H26FN4O8PS/c1-11(24)33-7-6-29-32(28,22(2)3)30-9-18(8-19)15(27)14(26)17(31-18)23-10-21-13-12(25)4-5-20-16(13)23/h5,10,14-15,17,26-27H,4,6-9H2,1-3H3/t14?,15-,17-,18-,32?/m1/s1. The number of nitrogens with zero attached hydrogens (tertiary/aromatic N) is 4. The number of fused-ring (bicyclic) bond motifs is 1. The first-order valence-corrected chi connectivity index (χ1v) is 12.5. The van der Waals surface area contributed by atoms with Crippen molar-refractivity contribution in [3.8, 4) is 0 Å². The van der Waals surface area contributed by atoms with Gasteiger partial charge in [-0.3, -0.25) is 23.2 Å². The van der Waals surface area contributed by atoms with Crippen LogP contribution >= 0.6 is 19.5 Å². The molecule has 33 heavy (non-hydrogen) atoms. The second kappa shape index (κ2) is 10.4. The average Bonchev–Trinajstić information content (AvgIpc) is 3.31. The second-order valence-electron chi connectivity index (χ2n) is 7.67. The molecule has 0 aromatic carbocycles. The third-order valence-corrected chi connectivity index (χ3v) is 7.86. The number of thioether (sulfide) groups is 1. The highest BCUT2D eigenvalue weighted by molar-refractivity contribution is 8.13. The third-order valence-electron chi connectivity index (χ3n) is 5.14. The number of carbonyl (C=O) groups excluding carboxylic acids is 2. The molecule has 2 aliphatic rings. The zero-order chi connectivity index (χ0) is 24.4. The molecule has 0 radical (unpaired) electrons. The summed E-state index contributed by atoms with van der Waals surface area (Å²) >= 11 is 0.981. The van der Waals surface area contributed by atoms with Gasteiger partial charge in [-0.1, -0.05) is 11.8 Å². The predicted molar refractivity (Wildman–Crippen MR) is 117 cm³/mol. The number of ketones is 1. The van der Waals surface area contributed by atoms with Gasteiger partial charge in [-0.05, 0) is 14.1 Å². The molecule has 2 unspecified atom stereocenters. The molecule has 0 amide bonds. The molecule has 15 heteroatoms. The summed E-state index contributed by atoms with van der Waals surface area (Å²) in [7, 11) is -1.07. The Hall–Kier alpha value is -1.51. The molecule has 3 rings (SSSR count). The van der Waals surface area contributed by atoms with Crippen LogP contribution in [-0.4, -0.2) is 99.1 Å². The molecule has 2 N–H and O–H groups in total. The van der Waals surface area contributed by atoms with Gasteiger partial charge in [0.05, 0.1) is 19.5 Å². The molecular formula is C18H26FN4O8PS. The molecule has 1 aromatic heterocycles. The minimum Gasteiger partial charge on any atom is -0.387 e. The Labute approximate surface area is 193 Å². The maximum atomic E-state index is 14.2. The number of hydrogen-bond acceptors (Lipinski definition) is 11. The van der Waals surface area contributed by atoms with E-state index in [-0.39, 0.29) is 41.2 Å². The van der Waals surface area contributed by atoms with E-state index in [1.165, 1.54) is 42.8 Å². The third kappa shape index (κ3) is 5.28. The van der Waals surface area contributed by atoms with Crippen LogP contribution in [0.3, 0.4) is 0 Å². The lowest BCUT2D eigenvalue weighted by Gasteiger charge is -2.32. The highest BCUT2D eigenvalue weighted by atomic mass is 32.2. The quantitative estimate of drug-likeness (QED) is 0.345. The van der Waals surface area contributed by atoms with Gasteiger partial charge >= 0.3 is 7.75 Å². The zero-order valence-electron chi connectivity index (χ0n) is 18.3. The molecule has 184 valence electrons. The van der Waals surface area contributed by atoms with E-state index in [1.54, 1.807) is 0 Å². The van der Waals surface area contributed by atoms with Gasteiger partial charge in [-0.15, -0.1) is 0 Å². The van der Waals surface area contributed by atoms with Gasteiger partial charge in [0.15, 0.2) is 34.2 Å². The van der Waals surface area contributed by atoms with Crippen LogP contribution in [0.25, 0.3) is 0 Å². The molecule has 2 aliphatic heterocycles. The SMILES string of the molecule is CC(=O)SCCOP(=O)(OC[C@@]1(CF)O[C@@H](n2cnc3c2N=CCC3=O)C(O)[C@H]1O)N(C)C. The highest BCUT2D eigenvalue weighted by Crippen LogP contribution is 2.52. The van der Waals surface area contributed by atoms with E-state index in [0.29, 0.717) is 0 Å². The predicted octanol–water partition coefficient (Wildman–Crippen LogP) is 1.11. The highest BCUT2D eigenvalue weighted by Gasteiger charge is 2.57. The van der Waals surface area contributed by atoms with Gasteiger partial charge in [-0.2, -0.15) is 0 Å². The molecule has 12 nitrogen and oxygen atoms in total. The number of rotatable bonds is 10. The van der Waals surface area contributed by atoms with Crippen molar-refractivity contribution < 1.29 is 42.5 Å². The summed E-state index contributed by atoms with van der Waals surface area (Å²) in [6.45, 7) is -0.692. The normalized spacial score (nSPS) is 28.8. The fraction of sp³-hybridized carbons (Fsp3) is 0.667. The molecule has 1 aromatic rings. The summed E-state index contributed by atoms with van der Waals surface area (Å²) < 4.78 is 46.1. The van der Waals surface area contributed by atoms with E-state index in [0.717, 1.165) is 11.8 Å². The van der Waals surface area contributed by atoms with E-state index >= 15 is 0 Å². The number of alkyl halides is 1. The summed E-state index contributed by atoms with van der Waals surface area (Å²) in [5.41, 5.74) is -2.00. The molecule has 3 heterocycles. The van der Waals surface area contributed by atoms with Crippen molar-refractivity contribution in [2.75, 3.05) is 39.7 Å². The van der Waals surface area contributed by atoms with Gasteiger partial charge in [0.2, 0.25) is 0 Å². The Kier molecular flexibility index (Phi) is 8.23. The first-order chi connectivity index (χ1) is 15.5. The Morgan fingerprint density at radius 2 is 2.18 bits per heavy atom. The lowest BCUT2D eigenvalue weighted by Crippen LogP contribution is -2.49. The fourth-order valence-corrected chi connectivity index (χ4v) is 5.13. The number of aliphatic hydroxyl groups excluding tert-OH is 2. The molecule has 1 fully saturated rings. The summed E-state index contributed by atoms with van der Waals surface area (Å²) in [6, 6.07) is 0. The van der Waals surface area contributed by atoms with Crippen LogP contribution in [0.1, 0.15) is 30.1 Å². The van der Waals surface area contributed by atoms with Crippen LogP contribution in [-0.2, 0) is 23.1 Å². The second-order valence-corrected chi connectivity index (χ2v) is 11.2. The minimum atomic E-state index is -3.93.